The number of nitrogens with zero attached hydrogens (tertiary/aromatic N) is 3. The Hall–Kier alpha value is -3.64. The van der Waals surface area contributed by atoms with Gasteiger partial charge in [-0.05, 0) is 59.7 Å². The number of anilines is 2. The molecule has 2 heterocycles. The van der Waals surface area contributed by atoms with E-state index in [0.717, 1.165) is 0 Å². The molecule has 0 bridgehead atoms. The van der Waals surface area contributed by atoms with Crippen molar-refractivity contribution >= 4 is 46.4 Å². The van der Waals surface area contributed by atoms with Crippen molar-refractivity contribution in [1.82, 2.24) is 4.90 Å². The molecule has 1 N–H and O–H groups in total. The Balaban J connectivity index is 1.41. The molecule has 7 heteroatoms. The van der Waals surface area contributed by atoms with Crippen LogP contribution in [-0.4, -0.2) is 35.4 Å². The van der Waals surface area contributed by atoms with E-state index in [0.29, 0.717) is 34.5 Å². The van der Waals surface area contributed by atoms with E-state index in [2.05, 4.69) is 29.2 Å². The minimum Gasteiger partial charge on any atom is -0.287 e. The summed E-state index contributed by atoms with van der Waals surface area (Å²) in [5, 5.41) is 10.4. The van der Waals surface area contributed by atoms with Gasteiger partial charge in [0.25, 0.3) is 0 Å². The average molecular weight is 527 g/mol. The molecule has 4 aromatic rings. The quantitative estimate of drug-likeness (QED) is 0.297. The largest absolute Gasteiger partial charge is 0.335 e. The van der Waals surface area contributed by atoms with Crippen molar-refractivity contribution in [2.45, 2.75) is 11.6 Å². The number of likely N-dealkylation sites (tertiary alicyclic amines) is 1. The number of carbonyl (C=O) groups excluding carboxylic acids is 1. The predicted molar refractivity (Wildman–Crippen MR) is 150 cm³/mol. The Bertz CT molecular complexity index is 1400. The molecule has 0 aliphatic carbocycles. The molecule has 2 aliphatic heterocycles. The maximum atomic E-state index is 13.9. The SMILES string of the molecule is N=C1N(c2ccc(Cl)cc2)C(=O)N(c2ccc(Cl)cc2)C12CN(C(c1ccccc1)c1ccccc1)C2. The smallest absolute Gasteiger partial charge is 0.287 e. The van der Waals surface area contributed by atoms with Gasteiger partial charge in [-0.1, -0.05) is 83.9 Å². The van der Waals surface area contributed by atoms with Crippen LogP contribution in [0.5, 0.6) is 0 Å². The summed E-state index contributed by atoms with van der Waals surface area (Å²) in [4.78, 5) is 19.5. The van der Waals surface area contributed by atoms with Crippen molar-refractivity contribution in [3.8, 4) is 0 Å². The van der Waals surface area contributed by atoms with E-state index in [1.54, 1.807) is 41.3 Å². The lowest BCUT2D eigenvalue weighted by Gasteiger charge is -2.54. The summed E-state index contributed by atoms with van der Waals surface area (Å²) in [6, 6.07) is 34.8. The number of carbonyl (C=O) groups is 1. The second-order valence-electron chi connectivity index (χ2n) is 9.42. The van der Waals surface area contributed by atoms with Crippen molar-refractivity contribution in [2.24, 2.45) is 0 Å². The van der Waals surface area contributed by atoms with Crippen molar-refractivity contribution in [3.63, 3.8) is 0 Å². The zero-order valence-corrected chi connectivity index (χ0v) is 21.4. The molecule has 0 radical (unpaired) electrons. The molecule has 0 saturated carbocycles. The third-order valence-corrected chi connectivity index (χ3v) is 7.67. The zero-order chi connectivity index (χ0) is 25.6. The van der Waals surface area contributed by atoms with Gasteiger partial charge in [-0.25, -0.2) is 9.69 Å². The monoisotopic (exact) mass is 526 g/mol. The molecule has 37 heavy (non-hydrogen) atoms. The molecule has 6 rings (SSSR count). The fraction of sp³-hybridized carbons (Fsp3) is 0.133. The van der Waals surface area contributed by atoms with Gasteiger partial charge in [-0.2, -0.15) is 0 Å². The van der Waals surface area contributed by atoms with E-state index < -0.39 is 5.54 Å². The number of nitrogens with one attached hydrogen (secondary N) is 1. The zero-order valence-electron chi connectivity index (χ0n) is 19.9. The molecule has 0 aromatic heterocycles. The Morgan fingerprint density at radius 2 is 1.14 bits per heavy atom. The van der Waals surface area contributed by atoms with Gasteiger partial charge in [0.2, 0.25) is 0 Å². The lowest BCUT2D eigenvalue weighted by atomic mass is 9.82. The molecule has 5 nitrogen and oxygen atoms in total. The Kier molecular flexibility index (Phi) is 6.00. The van der Waals surface area contributed by atoms with Crippen LogP contribution in [0.3, 0.4) is 0 Å². The van der Waals surface area contributed by atoms with Crippen LogP contribution < -0.4 is 9.80 Å². The van der Waals surface area contributed by atoms with Crippen LogP contribution >= 0.6 is 23.2 Å². The first-order valence-corrected chi connectivity index (χ1v) is 12.8. The first-order chi connectivity index (χ1) is 18.0. The van der Waals surface area contributed by atoms with Gasteiger partial charge in [0.15, 0.2) is 0 Å². The van der Waals surface area contributed by atoms with Crippen LogP contribution in [-0.2, 0) is 0 Å². The topological polar surface area (TPSA) is 50.6 Å². The van der Waals surface area contributed by atoms with Gasteiger partial charge < -0.3 is 0 Å². The molecule has 0 unspecified atom stereocenters. The van der Waals surface area contributed by atoms with E-state index >= 15 is 0 Å². The third-order valence-electron chi connectivity index (χ3n) is 7.17. The molecule has 4 aromatic carbocycles. The van der Waals surface area contributed by atoms with Crippen molar-refractivity contribution < 1.29 is 4.79 Å². The predicted octanol–water partition coefficient (Wildman–Crippen LogP) is 7.26. The van der Waals surface area contributed by atoms with Crippen molar-refractivity contribution in [1.29, 1.82) is 5.41 Å². The van der Waals surface area contributed by atoms with E-state index in [1.807, 2.05) is 48.5 Å². The standard InChI is InChI=1S/C30H24Cl2N4O/c31-23-11-15-25(16-12-23)35-28(33)30(36(29(35)37)26-17-13-24(32)14-18-26)19-34(20-30)27(21-7-3-1-4-8-21)22-9-5-2-6-10-22/h1-18,27,33H,19-20H2. The minimum atomic E-state index is -0.813. The number of hydrogen-bond donors (Lipinski definition) is 1. The van der Waals surface area contributed by atoms with Crippen LogP contribution in [0, 0.1) is 5.41 Å². The highest BCUT2D eigenvalue weighted by molar-refractivity contribution is 6.33. The van der Waals surface area contributed by atoms with E-state index in [4.69, 9.17) is 23.2 Å². The molecule has 2 saturated heterocycles. The summed E-state index contributed by atoms with van der Waals surface area (Å²) in [5.41, 5.74) is 2.87. The molecule has 2 aliphatic rings. The van der Waals surface area contributed by atoms with Crippen molar-refractivity contribution in [3.05, 3.63) is 130 Å². The van der Waals surface area contributed by atoms with Crippen LogP contribution in [0.15, 0.2) is 109 Å². The lowest BCUT2D eigenvalue weighted by molar-refractivity contribution is 0.0837. The van der Waals surface area contributed by atoms with E-state index in [9.17, 15) is 10.2 Å². The second-order valence-corrected chi connectivity index (χ2v) is 10.3. The number of amidine groups is 1. The first-order valence-electron chi connectivity index (χ1n) is 12.1. The number of hydrogen-bond acceptors (Lipinski definition) is 3. The van der Waals surface area contributed by atoms with Crippen LogP contribution in [0.25, 0.3) is 0 Å². The van der Waals surface area contributed by atoms with Gasteiger partial charge in [0.1, 0.15) is 11.4 Å². The summed E-state index contributed by atoms with van der Waals surface area (Å²) in [5.74, 6) is 0.255. The van der Waals surface area contributed by atoms with Crippen LogP contribution in [0.2, 0.25) is 10.0 Å². The number of halogens is 2. The minimum absolute atomic E-state index is 0.00702. The van der Waals surface area contributed by atoms with Gasteiger partial charge in [0, 0.05) is 28.8 Å². The fourth-order valence-corrected chi connectivity index (χ4v) is 5.71. The molecular weight excluding hydrogens is 503 g/mol. The maximum Gasteiger partial charge on any atom is 0.335 e. The van der Waals surface area contributed by atoms with Gasteiger partial charge >= 0.3 is 6.03 Å². The maximum absolute atomic E-state index is 13.9. The van der Waals surface area contributed by atoms with Gasteiger partial charge in [-0.15, -0.1) is 0 Å². The summed E-state index contributed by atoms with van der Waals surface area (Å²) >= 11 is 12.3. The normalized spacial score (nSPS) is 17.1. The van der Waals surface area contributed by atoms with Gasteiger partial charge in [-0.3, -0.25) is 15.2 Å². The summed E-state index contributed by atoms with van der Waals surface area (Å²) in [7, 11) is 0. The van der Waals surface area contributed by atoms with Crippen LogP contribution in [0.4, 0.5) is 16.2 Å². The second kappa shape index (κ2) is 9.34. The van der Waals surface area contributed by atoms with E-state index in [-0.39, 0.29) is 17.9 Å². The Morgan fingerprint density at radius 3 is 1.62 bits per heavy atom. The van der Waals surface area contributed by atoms with Crippen molar-refractivity contribution in [2.75, 3.05) is 22.9 Å². The molecule has 2 fully saturated rings. The summed E-state index contributed by atoms with van der Waals surface area (Å²) < 4.78 is 0. The number of amides is 2. The summed E-state index contributed by atoms with van der Waals surface area (Å²) in [6.45, 7) is 1.03. The number of rotatable bonds is 5. The number of benzene rings is 4. The Morgan fingerprint density at radius 1 is 0.676 bits per heavy atom. The highest BCUT2D eigenvalue weighted by Gasteiger charge is 2.63. The highest BCUT2D eigenvalue weighted by atomic mass is 35.5. The molecule has 184 valence electrons. The first kappa shape index (κ1) is 23.7. The molecule has 1 spiro atoms. The molecular formula is C30H24Cl2N4O. The molecule has 0 atom stereocenters. The number of urea groups is 1. The van der Waals surface area contributed by atoms with E-state index in [1.165, 1.54) is 16.0 Å². The van der Waals surface area contributed by atoms with Crippen LogP contribution in [0.1, 0.15) is 17.2 Å². The Labute approximate surface area is 226 Å². The summed E-state index contributed by atoms with van der Waals surface area (Å²) in [6.07, 6.45) is 0. The fourth-order valence-electron chi connectivity index (χ4n) is 5.45. The van der Waals surface area contributed by atoms with Gasteiger partial charge in [0.05, 0.1) is 11.7 Å². The highest BCUT2D eigenvalue weighted by Crippen LogP contribution is 2.46. The lowest BCUT2D eigenvalue weighted by Crippen LogP contribution is -2.72. The molecule has 2 amide bonds. The average Bonchev–Trinajstić information content (AvgIpc) is 3.13. The third kappa shape index (κ3) is 4.00.